The molecule has 0 radical (unpaired) electrons. The quantitative estimate of drug-likeness (QED) is 0.0619. The number of halogens is 1. The number of aromatic amines is 1. The fraction of sp³-hybridized carbons (Fsp3) is 0.455. The Bertz CT molecular complexity index is 2060. The van der Waals surface area contributed by atoms with Crippen molar-refractivity contribution in [1.82, 2.24) is 30.3 Å². The van der Waals surface area contributed by atoms with E-state index in [0.29, 0.717) is 47.2 Å². The van der Waals surface area contributed by atoms with Gasteiger partial charge in [-0.25, -0.2) is 9.37 Å². The number of nitrogens with zero attached hydrogens (tertiary/aromatic N) is 5. The van der Waals surface area contributed by atoms with E-state index < -0.39 is 0 Å². The summed E-state index contributed by atoms with van der Waals surface area (Å²) in [4.78, 5) is 30.1. The normalized spacial score (nSPS) is 18.0. The Kier molecular flexibility index (Phi) is 11.8. The summed E-state index contributed by atoms with van der Waals surface area (Å²) >= 11 is 0. The number of allylic oxidation sites excluding steroid dienone is 4. The molecule has 290 valence electrons. The van der Waals surface area contributed by atoms with E-state index in [1.807, 2.05) is 33.0 Å². The lowest BCUT2D eigenvalue weighted by molar-refractivity contribution is -0.109. The average molecular weight is 747 g/mol. The maximum atomic E-state index is 15.9. The van der Waals surface area contributed by atoms with Crippen LogP contribution in [0.25, 0.3) is 33.4 Å². The minimum absolute atomic E-state index is 0.289. The van der Waals surface area contributed by atoms with E-state index >= 15 is 4.39 Å². The third-order valence-electron chi connectivity index (χ3n) is 11.8. The van der Waals surface area contributed by atoms with Crippen LogP contribution >= 0.6 is 0 Å². The fourth-order valence-corrected chi connectivity index (χ4v) is 8.42. The monoisotopic (exact) mass is 746 g/mol. The predicted octanol–water partition coefficient (Wildman–Crippen LogP) is 7.82. The van der Waals surface area contributed by atoms with Gasteiger partial charge in [-0.15, -0.1) is 0 Å². The second-order valence-corrected chi connectivity index (χ2v) is 16.4. The van der Waals surface area contributed by atoms with E-state index in [9.17, 15) is 4.79 Å². The van der Waals surface area contributed by atoms with Gasteiger partial charge in [0.25, 0.3) is 0 Å². The summed E-state index contributed by atoms with van der Waals surface area (Å²) in [5, 5.41) is 11.1. The van der Waals surface area contributed by atoms with Crippen LogP contribution in [0.5, 0.6) is 0 Å². The number of aromatic nitrogens is 3. The number of likely N-dealkylation sites (tertiary alicyclic amines) is 2. The van der Waals surface area contributed by atoms with E-state index in [4.69, 9.17) is 10.7 Å². The van der Waals surface area contributed by atoms with E-state index in [2.05, 4.69) is 77.8 Å². The summed E-state index contributed by atoms with van der Waals surface area (Å²) in [5.41, 5.74) is 8.65. The molecule has 0 unspecified atom stereocenters. The zero-order valence-electron chi connectivity index (χ0n) is 32.7. The van der Waals surface area contributed by atoms with Gasteiger partial charge in [0.1, 0.15) is 11.5 Å². The molecule has 2 saturated heterocycles. The molecule has 4 N–H and O–H groups in total. The number of hydrogen-bond donors (Lipinski definition) is 3. The number of pyridine rings is 1. The molecule has 0 spiro atoms. The molecule has 0 saturated carbocycles. The number of nitrogens with one attached hydrogen (secondary N) is 2. The van der Waals surface area contributed by atoms with Crippen molar-refractivity contribution >= 4 is 23.3 Å². The highest BCUT2D eigenvalue weighted by atomic mass is 19.1. The molecule has 11 heteroatoms. The lowest BCUT2D eigenvalue weighted by atomic mass is 9.87. The largest absolute Gasteiger partial charge is 0.396 e. The number of carbonyl (C=O) groups excluding carboxylic acids is 1. The third kappa shape index (κ3) is 8.84. The van der Waals surface area contributed by atoms with Gasteiger partial charge in [0.2, 0.25) is 12.3 Å². The smallest absolute Gasteiger partial charge is 0.214 e. The predicted molar refractivity (Wildman–Crippen MR) is 218 cm³/mol. The number of hydrogen-bond acceptors (Lipinski definition) is 8. The zero-order valence-corrected chi connectivity index (χ0v) is 32.7. The first kappa shape index (κ1) is 38.4. The molecule has 4 aromatic rings. The van der Waals surface area contributed by atoms with E-state index in [-0.39, 0.29) is 11.2 Å². The average Bonchev–Trinajstić information content (AvgIpc) is 3.62. The maximum Gasteiger partial charge on any atom is 0.214 e. The number of carbonyl (C=O) groups is 1. The van der Waals surface area contributed by atoms with Crippen molar-refractivity contribution in [1.29, 1.82) is 0 Å². The summed E-state index contributed by atoms with van der Waals surface area (Å²) in [6.07, 6.45) is 14.2. The molecule has 3 aliphatic rings. The van der Waals surface area contributed by atoms with Crippen LogP contribution in [-0.4, -0.2) is 76.6 Å². The first-order chi connectivity index (χ1) is 26.6. The Hall–Kier alpha value is -4.87. The van der Waals surface area contributed by atoms with Gasteiger partial charge in [0.15, 0.2) is 5.65 Å². The van der Waals surface area contributed by atoms with Crippen LogP contribution in [0.2, 0.25) is 0 Å². The molecule has 4 heterocycles. The first-order valence-electron chi connectivity index (χ1n) is 19.8. The Morgan fingerprint density at radius 1 is 1.04 bits per heavy atom. The Labute approximate surface area is 324 Å². The number of aliphatic imine (C=N–C) groups is 1. The molecule has 1 aliphatic carbocycles. The Morgan fingerprint density at radius 3 is 2.47 bits per heavy atom. The molecule has 10 nitrogen and oxygen atoms in total. The molecule has 55 heavy (non-hydrogen) atoms. The van der Waals surface area contributed by atoms with Crippen LogP contribution in [0.3, 0.4) is 0 Å². The lowest BCUT2D eigenvalue weighted by Gasteiger charge is -2.39. The summed E-state index contributed by atoms with van der Waals surface area (Å²) in [6.45, 7) is 13.9. The van der Waals surface area contributed by atoms with Crippen LogP contribution in [0.15, 0.2) is 77.2 Å². The molecule has 0 bridgehead atoms. The molecular weight excluding hydrogens is 692 g/mol. The molecule has 2 aromatic heterocycles. The first-order valence-corrected chi connectivity index (χ1v) is 19.8. The van der Waals surface area contributed by atoms with Gasteiger partial charge < -0.3 is 20.0 Å². The highest BCUT2D eigenvalue weighted by molar-refractivity contribution is 5.93. The fourth-order valence-electron chi connectivity index (χ4n) is 8.42. The molecule has 2 aliphatic heterocycles. The molecule has 0 atom stereocenters. The number of fused-ring (bicyclic) bond motifs is 1. The molecule has 2 aromatic carbocycles. The molecule has 1 amide bonds. The van der Waals surface area contributed by atoms with Crippen molar-refractivity contribution in [2.24, 2.45) is 22.2 Å². The van der Waals surface area contributed by atoms with E-state index in [1.165, 1.54) is 43.5 Å². The van der Waals surface area contributed by atoms with Crippen LogP contribution in [0, 0.1) is 24.1 Å². The van der Waals surface area contributed by atoms with Gasteiger partial charge in [0, 0.05) is 65.7 Å². The SMILES string of the molecule is Cc1c(CC/N=C(\ON)C(C)(C)C)ccc(-c2n[nH]c3ncc(-c4ccc(C5CCN(CC6CCN(C7=CC=C(NC=O)CC7)CC6)CC5)cc4)cc23)c1F. The highest BCUT2D eigenvalue weighted by Gasteiger charge is 2.27. The summed E-state index contributed by atoms with van der Waals surface area (Å²) in [7, 11) is 0. The lowest BCUT2D eigenvalue weighted by Crippen LogP contribution is -2.41. The van der Waals surface area contributed by atoms with Gasteiger partial charge >= 0.3 is 0 Å². The van der Waals surface area contributed by atoms with Crippen LogP contribution < -0.4 is 11.2 Å². The number of amides is 1. The number of piperidine rings is 2. The topological polar surface area (TPSA) is 125 Å². The van der Waals surface area contributed by atoms with Gasteiger partial charge in [-0.3, -0.25) is 14.9 Å². The van der Waals surface area contributed by atoms with Crippen LogP contribution in [0.4, 0.5) is 4.39 Å². The second-order valence-electron chi connectivity index (χ2n) is 16.4. The van der Waals surface area contributed by atoms with Crippen molar-refractivity contribution in [2.45, 2.75) is 78.6 Å². The maximum absolute atomic E-state index is 15.9. The third-order valence-corrected chi connectivity index (χ3v) is 11.8. The van der Waals surface area contributed by atoms with E-state index in [1.54, 1.807) is 13.0 Å². The zero-order chi connectivity index (χ0) is 38.5. The summed E-state index contributed by atoms with van der Waals surface area (Å²) in [5.74, 6) is 6.94. The van der Waals surface area contributed by atoms with Crippen molar-refractivity contribution in [2.75, 3.05) is 39.3 Å². The standard InChI is InChI=1S/C44H55FN8O2/c1-29-31(15-20-47-43(55-46)44(2,3)4)9-14-38(40(29)45)41-39-25-35(26-48-42(39)51-50-41)33-7-5-32(6-8-33)34-18-21-52(22-19-34)27-30-16-23-53(24-17-30)37-12-10-36(11-13-37)49-28-54/h5-10,12,14,25-26,28,30,34H,11,13,15-24,27,46H2,1-4H3,(H,49,54)(H,48,50,51)/b47-43-. The minimum atomic E-state index is -0.303. The summed E-state index contributed by atoms with van der Waals surface area (Å²) in [6, 6.07) is 14.7. The van der Waals surface area contributed by atoms with E-state index in [0.717, 1.165) is 79.1 Å². The molecular formula is C44H55FN8O2. The van der Waals surface area contributed by atoms with Gasteiger partial charge in [-0.2, -0.15) is 11.0 Å². The van der Waals surface area contributed by atoms with Crippen LogP contribution in [-0.2, 0) is 16.1 Å². The number of nitrogens with two attached hydrogens (primary N) is 1. The van der Waals surface area contributed by atoms with Gasteiger partial charge in [-0.1, -0.05) is 51.1 Å². The van der Waals surface area contributed by atoms with Crippen molar-refractivity contribution in [3.05, 3.63) is 94.7 Å². The molecule has 2 fully saturated rings. The number of rotatable bonds is 11. The number of benzene rings is 2. The minimum Gasteiger partial charge on any atom is -0.396 e. The number of H-pyrrole nitrogens is 1. The highest BCUT2D eigenvalue weighted by Crippen LogP contribution is 2.35. The Balaban J connectivity index is 0.940. The van der Waals surface area contributed by atoms with Gasteiger partial charge in [-0.05, 0) is 123 Å². The summed E-state index contributed by atoms with van der Waals surface area (Å²) < 4.78 is 15.9. The Morgan fingerprint density at radius 2 is 1.80 bits per heavy atom. The van der Waals surface area contributed by atoms with Crippen LogP contribution in [0.1, 0.15) is 81.9 Å². The van der Waals surface area contributed by atoms with Crippen molar-refractivity contribution in [3.8, 4) is 22.4 Å². The van der Waals surface area contributed by atoms with Crippen molar-refractivity contribution in [3.63, 3.8) is 0 Å². The molecule has 7 rings (SSSR count). The second kappa shape index (κ2) is 16.9. The van der Waals surface area contributed by atoms with Gasteiger partial charge in [0.05, 0.1) is 0 Å². The van der Waals surface area contributed by atoms with Crippen molar-refractivity contribution < 1.29 is 14.0 Å².